The molecule has 0 spiro atoms. The van der Waals surface area contributed by atoms with E-state index in [2.05, 4.69) is 32.6 Å². The van der Waals surface area contributed by atoms with Gasteiger partial charge in [-0.1, -0.05) is 0 Å². The van der Waals surface area contributed by atoms with Crippen molar-refractivity contribution in [2.45, 2.75) is 39.8 Å². The molecule has 1 aromatic carbocycles. The maximum atomic E-state index is 13.0. The van der Waals surface area contributed by atoms with E-state index in [1.807, 2.05) is 0 Å². The highest BCUT2D eigenvalue weighted by Gasteiger charge is 2.15. The smallest absolute Gasteiger partial charge is 0.339 e. The molecule has 0 aliphatic carbocycles. The Balaban J connectivity index is 2.68. The molecule has 0 atom stereocenters. The number of nitrogens with zero attached hydrogens (tertiary/aromatic N) is 1. The number of aromatic carboxylic acids is 1. The number of benzene rings is 1. The monoisotopic (exact) mass is 283 g/mol. The standard InChI is InChI=1S/C15H22FNO3/c1-10(2)17(11(3)4)7-8-20-14-6-5-12(16)9-13(14)15(18)19/h5-6,9-11H,7-8H2,1-4H3,(H,18,19). The molecule has 0 amide bonds. The van der Waals surface area contributed by atoms with E-state index in [1.165, 1.54) is 12.1 Å². The summed E-state index contributed by atoms with van der Waals surface area (Å²) in [6.07, 6.45) is 0. The van der Waals surface area contributed by atoms with Crippen molar-refractivity contribution in [2.24, 2.45) is 0 Å². The van der Waals surface area contributed by atoms with Crippen molar-refractivity contribution >= 4 is 5.97 Å². The van der Waals surface area contributed by atoms with Gasteiger partial charge in [-0.05, 0) is 45.9 Å². The number of rotatable bonds is 7. The third-order valence-electron chi connectivity index (χ3n) is 3.11. The van der Waals surface area contributed by atoms with Crippen LogP contribution >= 0.6 is 0 Å². The molecular formula is C15H22FNO3. The number of carbonyl (C=O) groups is 1. The van der Waals surface area contributed by atoms with Crippen molar-refractivity contribution in [2.75, 3.05) is 13.2 Å². The lowest BCUT2D eigenvalue weighted by Crippen LogP contribution is -2.39. The summed E-state index contributed by atoms with van der Waals surface area (Å²) in [5, 5.41) is 9.02. The van der Waals surface area contributed by atoms with Gasteiger partial charge in [-0.25, -0.2) is 9.18 Å². The molecule has 4 nitrogen and oxygen atoms in total. The summed E-state index contributed by atoms with van der Waals surface area (Å²) >= 11 is 0. The Hall–Kier alpha value is -1.62. The quantitative estimate of drug-likeness (QED) is 0.835. The number of carboxylic acids is 1. The average Bonchev–Trinajstić information content (AvgIpc) is 2.34. The van der Waals surface area contributed by atoms with E-state index >= 15 is 0 Å². The molecule has 112 valence electrons. The topological polar surface area (TPSA) is 49.8 Å². The first-order valence-electron chi connectivity index (χ1n) is 6.74. The maximum absolute atomic E-state index is 13.0. The number of carboxylic acid groups (broad SMARTS) is 1. The zero-order valence-electron chi connectivity index (χ0n) is 12.4. The van der Waals surface area contributed by atoms with Crippen LogP contribution in [0.1, 0.15) is 38.1 Å². The third-order valence-corrected chi connectivity index (χ3v) is 3.11. The van der Waals surface area contributed by atoms with E-state index in [0.717, 1.165) is 6.07 Å². The van der Waals surface area contributed by atoms with Crippen molar-refractivity contribution in [3.05, 3.63) is 29.6 Å². The van der Waals surface area contributed by atoms with Crippen LogP contribution in [0.4, 0.5) is 4.39 Å². The van der Waals surface area contributed by atoms with E-state index in [1.54, 1.807) is 0 Å². The van der Waals surface area contributed by atoms with Crippen molar-refractivity contribution in [3.63, 3.8) is 0 Å². The maximum Gasteiger partial charge on any atom is 0.339 e. The second kappa shape index (κ2) is 7.24. The molecule has 0 saturated heterocycles. The van der Waals surface area contributed by atoms with Gasteiger partial charge in [0.15, 0.2) is 0 Å². The van der Waals surface area contributed by atoms with E-state index in [9.17, 15) is 9.18 Å². The van der Waals surface area contributed by atoms with Crippen LogP contribution in [0.25, 0.3) is 0 Å². The van der Waals surface area contributed by atoms with Gasteiger partial charge in [0.25, 0.3) is 0 Å². The minimum absolute atomic E-state index is 0.148. The predicted octanol–water partition coefficient (Wildman–Crippen LogP) is 3.02. The molecule has 1 N–H and O–H groups in total. The summed E-state index contributed by atoms with van der Waals surface area (Å²) in [5.41, 5.74) is -0.148. The van der Waals surface area contributed by atoms with Gasteiger partial charge >= 0.3 is 5.97 Å². The van der Waals surface area contributed by atoms with Crippen LogP contribution in [0, 0.1) is 5.82 Å². The fraction of sp³-hybridized carbons (Fsp3) is 0.533. The molecule has 0 fully saturated rings. The van der Waals surface area contributed by atoms with Crippen molar-refractivity contribution in [1.82, 2.24) is 4.90 Å². The molecule has 0 saturated carbocycles. The molecule has 0 radical (unpaired) electrons. The van der Waals surface area contributed by atoms with Crippen LogP contribution in [0.15, 0.2) is 18.2 Å². The number of hydrogen-bond acceptors (Lipinski definition) is 3. The first-order valence-corrected chi connectivity index (χ1v) is 6.74. The summed E-state index contributed by atoms with van der Waals surface area (Å²) < 4.78 is 18.5. The molecular weight excluding hydrogens is 261 g/mol. The van der Waals surface area contributed by atoms with Gasteiger partial charge < -0.3 is 9.84 Å². The Morgan fingerprint density at radius 3 is 2.40 bits per heavy atom. The van der Waals surface area contributed by atoms with E-state index in [-0.39, 0.29) is 11.3 Å². The molecule has 0 unspecified atom stereocenters. The average molecular weight is 283 g/mol. The van der Waals surface area contributed by atoms with E-state index in [0.29, 0.717) is 25.2 Å². The highest BCUT2D eigenvalue weighted by molar-refractivity contribution is 5.90. The molecule has 0 bridgehead atoms. The Kier molecular flexibility index (Phi) is 5.95. The lowest BCUT2D eigenvalue weighted by molar-refractivity contribution is 0.0689. The zero-order valence-corrected chi connectivity index (χ0v) is 12.4. The molecule has 1 aromatic rings. The van der Waals surface area contributed by atoms with E-state index in [4.69, 9.17) is 9.84 Å². The number of ether oxygens (including phenoxy) is 1. The number of halogens is 1. The van der Waals surface area contributed by atoms with E-state index < -0.39 is 11.8 Å². The first kappa shape index (κ1) is 16.4. The van der Waals surface area contributed by atoms with Crippen LogP contribution in [0.3, 0.4) is 0 Å². The SMILES string of the molecule is CC(C)N(CCOc1ccc(F)cc1C(=O)O)C(C)C. The van der Waals surface area contributed by atoms with Crippen LogP contribution < -0.4 is 4.74 Å². The van der Waals surface area contributed by atoms with Gasteiger partial charge in [0.05, 0.1) is 0 Å². The Morgan fingerprint density at radius 1 is 1.30 bits per heavy atom. The summed E-state index contributed by atoms with van der Waals surface area (Å²) in [7, 11) is 0. The summed E-state index contributed by atoms with van der Waals surface area (Å²) in [4.78, 5) is 13.3. The predicted molar refractivity (Wildman–Crippen MR) is 75.8 cm³/mol. The van der Waals surface area contributed by atoms with Crippen molar-refractivity contribution in [3.8, 4) is 5.75 Å². The summed E-state index contributed by atoms with van der Waals surface area (Å²) in [6.45, 7) is 9.44. The molecule has 0 aromatic heterocycles. The fourth-order valence-electron chi connectivity index (χ4n) is 2.17. The molecule has 20 heavy (non-hydrogen) atoms. The third kappa shape index (κ3) is 4.49. The lowest BCUT2D eigenvalue weighted by Gasteiger charge is -2.30. The molecule has 0 heterocycles. The summed E-state index contributed by atoms with van der Waals surface area (Å²) in [5.74, 6) is -1.57. The minimum atomic E-state index is -1.19. The zero-order chi connectivity index (χ0) is 15.3. The van der Waals surface area contributed by atoms with Gasteiger partial charge in [0, 0.05) is 18.6 Å². The molecule has 5 heteroatoms. The molecule has 1 rings (SSSR count). The van der Waals surface area contributed by atoms with Crippen LogP contribution in [0.2, 0.25) is 0 Å². The Labute approximate surface area is 119 Å². The van der Waals surface area contributed by atoms with Gasteiger partial charge in [-0.15, -0.1) is 0 Å². The number of hydrogen-bond donors (Lipinski definition) is 1. The van der Waals surface area contributed by atoms with Gasteiger partial charge in [0.2, 0.25) is 0 Å². The van der Waals surface area contributed by atoms with Crippen LogP contribution in [-0.4, -0.2) is 41.2 Å². The van der Waals surface area contributed by atoms with Crippen molar-refractivity contribution < 1.29 is 19.0 Å². The molecule has 0 aliphatic heterocycles. The second-order valence-electron chi connectivity index (χ2n) is 5.22. The minimum Gasteiger partial charge on any atom is -0.491 e. The van der Waals surface area contributed by atoms with Crippen molar-refractivity contribution in [1.29, 1.82) is 0 Å². The van der Waals surface area contributed by atoms with Crippen LogP contribution in [-0.2, 0) is 0 Å². The van der Waals surface area contributed by atoms with Gasteiger partial charge in [0.1, 0.15) is 23.7 Å². The fourth-order valence-corrected chi connectivity index (χ4v) is 2.17. The normalized spacial score (nSPS) is 11.4. The first-order chi connectivity index (χ1) is 9.32. The van der Waals surface area contributed by atoms with Gasteiger partial charge in [-0.2, -0.15) is 0 Å². The lowest BCUT2D eigenvalue weighted by atomic mass is 10.2. The molecule has 0 aliphatic rings. The van der Waals surface area contributed by atoms with Crippen LogP contribution in [0.5, 0.6) is 5.75 Å². The Bertz CT molecular complexity index is 452. The highest BCUT2D eigenvalue weighted by atomic mass is 19.1. The highest BCUT2D eigenvalue weighted by Crippen LogP contribution is 2.20. The second-order valence-corrected chi connectivity index (χ2v) is 5.22. The largest absolute Gasteiger partial charge is 0.491 e. The summed E-state index contributed by atoms with van der Waals surface area (Å²) in [6, 6.07) is 4.29. The van der Waals surface area contributed by atoms with Gasteiger partial charge in [-0.3, -0.25) is 4.90 Å². The Morgan fingerprint density at radius 2 is 1.90 bits per heavy atom.